The standard InChI is InChI=1S/C57H79N5O7S2/c1-56(2,3)68-54(64)61-34-32-60(33-35-62(55(65)69-57(4,5)6)45-50-21-11-13-23-52(50)67-37-36-66-51-22-12-10-20-49(51)44-61)53(63)48-26-24-47(25-27-48)43-59-30-16-40-70-38-14-28-58(29-15-39-71-41-17-31-59)42-46-18-8-7-9-19-46/h7-13,18-27H,14-17,28-45H2,1-6H3. The minimum absolute atomic E-state index is 0.170. The molecule has 2 aliphatic heterocycles. The summed E-state index contributed by atoms with van der Waals surface area (Å²) in [5.41, 5.74) is 3.19. The lowest BCUT2D eigenvalue weighted by Crippen LogP contribution is -2.46. The molecule has 12 nitrogen and oxygen atoms in total. The number of para-hydroxylation sites is 2. The van der Waals surface area contributed by atoms with Gasteiger partial charge in [-0.05, 0) is 152 Å². The van der Waals surface area contributed by atoms with Crippen molar-refractivity contribution in [1.82, 2.24) is 24.5 Å². The van der Waals surface area contributed by atoms with E-state index in [2.05, 4.69) is 75.8 Å². The first-order chi connectivity index (χ1) is 34.2. The van der Waals surface area contributed by atoms with Crippen LogP contribution in [0.5, 0.6) is 11.5 Å². The first-order valence-corrected chi connectivity index (χ1v) is 27.9. The molecule has 0 aromatic heterocycles. The van der Waals surface area contributed by atoms with Gasteiger partial charge in [-0.2, -0.15) is 23.5 Å². The topological polar surface area (TPSA) is 104 Å². The molecule has 14 heteroatoms. The predicted octanol–water partition coefficient (Wildman–Crippen LogP) is 11.1. The molecule has 0 bridgehead atoms. The van der Waals surface area contributed by atoms with Gasteiger partial charge in [-0.15, -0.1) is 0 Å². The Morgan fingerprint density at radius 1 is 0.479 bits per heavy atom. The van der Waals surface area contributed by atoms with Crippen molar-refractivity contribution in [2.45, 2.75) is 105 Å². The predicted molar refractivity (Wildman–Crippen MR) is 290 cm³/mol. The van der Waals surface area contributed by atoms with Gasteiger partial charge in [0.2, 0.25) is 0 Å². The smallest absolute Gasteiger partial charge is 0.410 e. The van der Waals surface area contributed by atoms with Crippen LogP contribution in [0, 0.1) is 0 Å². The lowest BCUT2D eigenvalue weighted by Gasteiger charge is -2.32. The molecule has 0 atom stereocenters. The molecule has 1 fully saturated rings. The molecule has 6 rings (SSSR count). The Morgan fingerprint density at radius 2 is 0.859 bits per heavy atom. The van der Waals surface area contributed by atoms with Crippen LogP contribution in [-0.4, -0.2) is 142 Å². The molecule has 3 amide bonds. The second-order valence-electron chi connectivity index (χ2n) is 20.4. The third-order valence-electron chi connectivity index (χ3n) is 12.0. The Hall–Kier alpha value is -4.89. The fourth-order valence-corrected chi connectivity index (χ4v) is 10.3. The largest absolute Gasteiger partial charge is 0.490 e. The van der Waals surface area contributed by atoms with E-state index in [4.69, 9.17) is 18.9 Å². The Bertz CT molecular complexity index is 2130. The van der Waals surface area contributed by atoms with Gasteiger partial charge >= 0.3 is 12.2 Å². The molecule has 4 aromatic carbocycles. The number of rotatable bonds is 5. The zero-order chi connectivity index (χ0) is 50.5. The zero-order valence-electron chi connectivity index (χ0n) is 43.3. The number of hydrogen-bond donors (Lipinski definition) is 0. The van der Waals surface area contributed by atoms with Crippen LogP contribution in [0.15, 0.2) is 103 Å². The van der Waals surface area contributed by atoms with E-state index in [9.17, 15) is 14.4 Å². The molecule has 386 valence electrons. The van der Waals surface area contributed by atoms with Crippen LogP contribution in [0.2, 0.25) is 0 Å². The number of thioether (sulfide) groups is 2. The molecule has 0 spiro atoms. The van der Waals surface area contributed by atoms with E-state index >= 15 is 0 Å². The van der Waals surface area contributed by atoms with E-state index < -0.39 is 23.4 Å². The van der Waals surface area contributed by atoms with Crippen molar-refractivity contribution < 1.29 is 33.3 Å². The zero-order valence-corrected chi connectivity index (χ0v) is 44.9. The quantitative estimate of drug-likeness (QED) is 0.191. The number of benzene rings is 4. The Kier molecular flexibility index (Phi) is 22.2. The fraction of sp³-hybridized carbons (Fsp3) is 0.526. The maximum Gasteiger partial charge on any atom is 0.410 e. The highest BCUT2D eigenvalue weighted by atomic mass is 32.2. The van der Waals surface area contributed by atoms with Gasteiger partial charge in [0, 0.05) is 56.0 Å². The summed E-state index contributed by atoms with van der Waals surface area (Å²) in [7, 11) is 0. The van der Waals surface area contributed by atoms with E-state index in [1.54, 1.807) is 14.7 Å². The van der Waals surface area contributed by atoms with Crippen LogP contribution in [0.3, 0.4) is 0 Å². The van der Waals surface area contributed by atoms with Gasteiger partial charge in [-0.25, -0.2) is 9.59 Å². The van der Waals surface area contributed by atoms with Crippen molar-refractivity contribution in [2.75, 3.05) is 88.6 Å². The molecule has 0 N–H and O–H groups in total. The van der Waals surface area contributed by atoms with Crippen molar-refractivity contribution >= 4 is 41.6 Å². The van der Waals surface area contributed by atoms with Crippen molar-refractivity contribution in [3.63, 3.8) is 0 Å². The summed E-state index contributed by atoms with van der Waals surface area (Å²) in [4.78, 5) is 52.9. The van der Waals surface area contributed by atoms with Crippen molar-refractivity contribution in [3.8, 4) is 11.5 Å². The molecule has 0 aliphatic carbocycles. The monoisotopic (exact) mass is 1010 g/mol. The molecule has 71 heavy (non-hydrogen) atoms. The molecule has 2 heterocycles. The van der Waals surface area contributed by atoms with Gasteiger partial charge in [0.05, 0.1) is 13.1 Å². The SMILES string of the molecule is CC(C)(C)OC(=O)N1CCN(C(=O)c2ccc(CN3CCCSCCCN(Cc4ccccc4)CCCSCCC3)cc2)CCN(C(=O)OC(C)(C)C)Cc2ccccc2OCCOc2ccccc2C1. The maximum atomic E-state index is 14.8. The Morgan fingerprint density at radius 3 is 1.28 bits per heavy atom. The molecular formula is C57H79N5O7S2. The minimum atomic E-state index is -0.746. The van der Waals surface area contributed by atoms with Gasteiger partial charge in [-0.1, -0.05) is 78.9 Å². The lowest BCUT2D eigenvalue weighted by molar-refractivity contribution is 0.0184. The van der Waals surface area contributed by atoms with Crippen LogP contribution in [0.1, 0.15) is 99.8 Å². The van der Waals surface area contributed by atoms with Gasteiger partial charge in [0.1, 0.15) is 35.9 Å². The van der Waals surface area contributed by atoms with Gasteiger partial charge < -0.3 is 33.6 Å². The number of carbonyl (C=O) groups is 3. The summed E-state index contributed by atoms with van der Waals surface area (Å²) in [6, 6.07) is 34.1. The van der Waals surface area contributed by atoms with Gasteiger partial charge in [-0.3, -0.25) is 14.6 Å². The van der Waals surface area contributed by atoms with Crippen LogP contribution >= 0.6 is 23.5 Å². The first-order valence-electron chi connectivity index (χ1n) is 25.6. The fourth-order valence-electron chi connectivity index (χ4n) is 8.53. The summed E-state index contributed by atoms with van der Waals surface area (Å²) in [6.07, 6.45) is 3.67. The maximum absolute atomic E-state index is 14.8. The average Bonchev–Trinajstić information content (AvgIpc) is 3.33. The number of nitrogens with zero attached hydrogens (tertiary/aromatic N) is 5. The number of carbonyl (C=O) groups excluding carboxylic acids is 3. The molecule has 1 saturated heterocycles. The molecule has 0 unspecified atom stereocenters. The van der Waals surface area contributed by atoms with Crippen LogP contribution in [0.25, 0.3) is 0 Å². The summed E-state index contributed by atoms with van der Waals surface area (Å²) >= 11 is 4.14. The molecule has 0 radical (unpaired) electrons. The summed E-state index contributed by atoms with van der Waals surface area (Å²) in [6.45, 7) is 18.8. The number of ether oxygens (including phenoxy) is 4. The van der Waals surface area contributed by atoms with E-state index in [1.807, 2.05) is 102 Å². The van der Waals surface area contributed by atoms with Crippen LogP contribution in [-0.2, 0) is 35.7 Å². The third kappa shape index (κ3) is 19.9. The highest BCUT2D eigenvalue weighted by molar-refractivity contribution is 7.99. The summed E-state index contributed by atoms with van der Waals surface area (Å²) in [5, 5.41) is 0. The van der Waals surface area contributed by atoms with Crippen molar-refractivity contribution in [2.24, 2.45) is 0 Å². The van der Waals surface area contributed by atoms with Gasteiger partial charge in [0.15, 0.2) is 0 Å². The Labute approximate surface area is 433 Å². The normalized spacial score (nSPS) is 17.6. The highest BCUT2D eigenvalue weighted by Gasteiger charge is 2.28. The lowest BCUT2D eigenvalue weighted by atomic mass is 10.1. The molecular weight excluding hydrogens is 931 g/mol. The summed E-state index contributed by atoms with van der Waals surface area (Å²) in [5.74, 6) is 5.69. The average molecular weight is 1010 g/mol. The number of amides is 3. The highest BCUT2D eigenvalue weighted by Crippen LogP contribution is 2.25. The van der Waals surface area contributed by atoms with Crippen LogP contribution < -0.4 is 9.47 Å². The second-order valence-corrected chi connectivity index (χ2v) is 22.8. The second kappa shape index (κ2) is 28.4. The van der Waals surface area contributed by atoms with E-state index in [1.165, 1.54) is 29.9 Å². The van der Waals surface area contributed by atoms with Crippen LogP contribution in [0.4, 0.5) is 9.59 Å². The van der Waals surface area contributed by atoms with E-state index in [-0.39, 0.29) is 58.4 Å². The van der Waals surface area contributed by atoms with Crippen molar-refractivity contribution in [3.05, 3.63) is 131 Å². The first kappa shape index (κ1) is 55.4. The molecule has 2 aliphatic rings. The van der Waals surface area contributed by atoms with E-state index in [0.717, 1.165) is 80.3 Å². The molecule has 0 saturated carbocycles. The number of fused-ring (bicyclic) bond motifs is 2. The number of hydrogen-bond acceptors (Lipinski definition) is 11. The summed E-state index contributed by atoms with van der Waals surface area (Å²) < 4.78 is 24.4. The third-order valence-corrected chi connectivity index (χ3v) is 14.4. The minimum Gasteiger partial charge on any atom is -0.490 e. The van der Waals surface area contributed by atoms with E-state index in [0.29, 0.717) is 17.1 Å². The van der Waals surface area contributed by atoms with Crippen molar-refractivity contribution in [1.29, 1.82) is 0 Å². The Balaban J connectivity index is 1.18. The molecule has 4 aromatic rings. The van der Waals surface area contributed by atoms with Gasteiger partial charge in [0.25, 0.3) is 5.91 Å².